The van der Waals surface area contributed by atoms with Gasteiger partial charge in [-0.3, -0.25) is 0 Å². The van der Waals surface area contributed by atoms with Crippen LogP contribution in [0, 0.1) is 17.5 Å². The molecule has 2 aliphatic heterocycles. The lowest BCUT2D eigenvalue weighted by atomic mass is 10.0. The highest BCUT2D eigenvalue weighted by Crippen LogP contribution is 2.41. The van der Waals surface area contributed by atoms with Crippen LogP contribution in [0.4, 0.5) is 24.5 Å². The molecule has 1 unspecified atom stereocenters. The molecule has 1 saturated heterocycles. The average Bonchev–Trinajstić information content (AvgIpc) is 2.89. The van der Waals surface area contributed by atoms with Crippen molar-refractivity contribution in [1.82, 2.24) is 14.9 Å². The Kier molecular flexibility index (Phi) is 7.71. The van der Waals surface area contributed by atoms with Gasteiger partial charge in [-0.15, -0.1) is 0 Å². The number of piperidine rings is 1. The number of hydrogen-bond acceptors (Lipinski definition) is 6. The van der Waals surface area contributed by atoms with Gasteiger partial charge in [-0.2, -0.15) is 0 Å². The molecule has 6 nitrogen and oxygen atoms in total. The van der Waals surface area contributed by atoms with Crippen LogP contribution >= 0.6 is 0 Å². The van der Waals surface area contributed by atoms with Gasteiger partial charge in [0.2, 0.25) is 0 Å². The summed E-state index contributed by atoms with van der Waals surface area (Å²) in [5.74, 6) is -1.01. The van der Waals surface area contributed by atoms with Gasteiger partial charge in [-0.25, -0.2) is 23.1 Å². The van der Waals surface area contributed by atoms with Crippen LogP contribution in [0.2, 0.25) is 0 Å². The van der Waals surface area contributed by atoms with Gasteiger partial charge in [0.15, 0.2) is 17.4 Å². The third-order valence-electron chi connectivity index (χ3n) is 7.78. The van der Waals surface area contributed by atoms with Crippen molar-refractivity contribution in [2.75, 3.05) is 43.6 Å². The van der Waals surface area contributed by atoms with Gasteiger partial charge in [0.05, 0.1) is 23.6 Å². The highest BCUT2D eigenvalue weighted by atomic mass is 19.1. The van der Waals surface area contributed by atoms with E-state index in [1.807, 2.05) is 26.8 Å². The third-order valence-corrected chi connectivity index (χ3v) is 7.78. The molecule has 5 rings (SSSR count). The minimum atomic E-state index is -0.651. The molecule has 1 fully saturated rings. The fourth-order valence-electron chi connectivity index (χ4n) is 5.77. The lowest BCUT2D eigenvalue weighted by Gasteiger charge is -2.40. The normalized spacial score (nSPS) is 18.1. The van der Waals surface area contributed by atoms with E-state index in [-0.39, 0.29) is 35.8 Å². The zero-order valence-corrected chi connectivity index (χ0v) is 23.2. The first kappa shape index (κ1) is 27.2. The molecule has 0 saturated carbocycles. The van der Waals surface area contributed by atoms with Crippen LogP contribution in [0.15, 0.2) is 36.5 Å². The molecule has 1 atom stereocenters. The molecule has 0 aliphatic carbocycles. The zero-order valence-electron chi connectivity index (χ0n) is 23.2. The minimum Gasteiger partial charge on any atom is -0.486 e. The summed E-state index contributed by atoms with van der Waals surface area (Å²) in [5.41, 5.74) is 2.16. The topological polar surface area (TPSA) is 44.7 Å². The highest BCUT2D eigenvalue weighted by molar-refractivity contribution is 5.72. The number of fused-ring (bicyclic) bond motifs is 1. The molecule has 3 heterocycles. The van der Waals surface area contributed by atoms with E-state index in [1.165, 1.54) is 12.1 Å². The molecule has 2 aromatic carbocycles. The van der Waals surface area contributed by atoms with Crippen molar-refractivity contribution in [2.24, 2.45) is 0 Å². The van der Waals surface area contributed by atoms with Crippen LogP contribution in [0.3, 0.4) is 0 Å². The minimum absolute atomic E-state index is 0.00416. The molecule has 0 N–H and O–H groups in total. The maximum atomic E-state index is 15.1. The Balaban J connectivity index is 1.39. The zero-order chi connectivity index (χ0) is 27.8. The molecule has 0 radical (unpaired) electrons. The van der Waals surface area contributed by atoms with Crippen molar-refractivity contribution in [3.05, 3.63) is 65.4 Å². The van der Waals surface area contributed by atoms with E-state index in [9.17, 15) is 4.39 Å². The second kappa shape index (κ2) is 11.0. The standard InChI is InChI=1S/C30H36F3N5O/c1-18(2)38-19(3)17-39-30-24(32)14-21(15-27(30)38)29-25(33)16-34-28(35-29)13-20-6-7-26(23(31)12-20)37-10-8-22(9-11-37)36(4)5/h6-7,12,14-16,18-19,22H,8-11,13,17H2,1-5H3. The van der Waals surface area contributed by atoms with Gasteiger partial charge >= 0.3 is 0 Å². The maximum absolute atomic E-state index is 15.1. The fourth-order valence-corrected chi connectivity index (χ4v) is 5.77. The SMILES string of the molecule is CC(C)N1c2cc(-c3nc(Cc4ccc(N5CCC(N(C)C)CC5)c(F)c4)ncc3F)cc(F)c2OCC1C. The van der Waals surface area contributed by atoms with Crippen molar-refractivity contribution >= 4 is 11.4 Å². The number of ether oxygens (including phenoxy) is 1. The number of halogens is 3. The predicted molar refractivity (Wildman–Crippen MR) is 148 cm³/mol. The summed E-state index contributed by atoms with van der Waals surface area (Å²) in [6.07, 6.45) is 3.29. The van der Waals surface area contributed by atoms with Gasteiger partial charge in [-0.05, 0) is 77.5 Å². The lowest BCUT2D eigenvalue weighted by molar-refractivity contribution is 0.249. The van der Waals surface area contributed by atoms with Crippen molar-refractivity contribution < 1.29 is 17.9 Å². The third kappa shape index (κ3) is 5.55. The number of anilines is 2. The lowest BCUT2D eigenvalue weighted by Crippen LogP contribution is -2.45. The highest BCUT2D eigenvalue weighted by Gasteiger charge is 2.30. The van der Waals surface area contributed by atoms with Crippen LogP contribution in [0.25, 0.3) is 11.3 Å². The average molecular weight is 540 g/mol. The second-order valence-corrected chi connectivity index (χ2v) is 11.1. The van der Waals surface area contributed by atoms with Gasteiger partial charge in [0.1, 0.15) is 23.9 Å². The first-order valence-corrected chi connectivity index (χ1v) is 13.6. The van der Waals surface area contributed by atoms with E-state index in [1.54, 1.807) is 12.1 Å². The van der Waals surface area contributed by atoms with Crippen molar-refractivity contribution in [1.29, 1.82) is 0 Å². The van der Waals surface area contributed by atoms with Crippen molar-refractivity contribution in [3.8, 4) is 17.0 Å². The summed E-state index contributed by atoms with van der Waals surface area (Å²) in [6, 6.07) is 8.77. The van der Waals surface area contributed by atoms with Gasteiger partial charge in [0.25, 0.3) is 0 Å². The first-order chi connectivity index (χ1) is 18.6. The molecule has 0 amide bonds. The Hall–Kier alpha value is -3.33. The van der Waals surface area contributed by atoms with Gasteiger partial charge in [0, 0.05) is 37.2 Å². The number of hydrogen-bond donors (Lipinski definition) is 0. The second-order valence-electron chi connectivity index (χ2n) is 11.1. The quantitative estimate of drug-likeness (QED) is 0.402. The summed E-state index contributed by atoms with van der Waals surface area (Å²) >= 11 is 0. The number of aromatic nitrogens is 2. The largest absolute Gasteiger partial charge is 0.486 e. The summed E-state index contributed by atoms with van der Waals surface area (Å²) in [4.78, 5) is 14.9. The first-order valence-electron chi connectivity index (χ1n) is 13.6. The van der Waals surface area contributed by atoms with Crippen LogP contribution in [-0.2, 0) is 6.42 Å². The van der Waals surface area contributed by atoms with E-state index in [2.05, 4.69) is 38.8 Å². The summed E-state index contributed by atoms with van der Waals surface area (Å²) in [5, 5.41) is 0. The predicted octanol–water partition coefficient (Wildman–Crippen LogP) is 5.68. The molecular formula is C30H36F3N5O. The Morgan fingerprint density at radius 2 is 1.74 bits per heavy atom. The Bertz CT molecular complexity index is 1340. The number of rotatable bonds is 6. The summed E-state index contributed by atoms with van der Waals surface area (Å²) in [7, 11) is 4.16. The van der Waals surface area contributed by atoms with Gasteiger partial charge < -0.3 is 19.4 Å². The fraction of sp³-hybridized carbons (Fsp3) is 0.467. The van der Waals surface area contributed by atoms with E-state index >= 15 is 8.78 Å². The Labute approximate surface area is 228 Å². The molecular weight excluding hydrogens is 503 g/mol. The molecule has 9 heteroatoms. The van der Waals surface area contributed by atoms with Crippen LogP contribution in [0.5, 0.6) is 5.75 Å². The van der Waals surface area contributed by atoms with E-state index in [0.717, 1.165) is 32.1 Å². The number of benzene rings is 2. The van der Waals surface area contributed by atoms with Crippen LogP contribution in [0.1, 0.15) is 45.0 Å². The van der Waals surface area contributed by atoms with Gasteiger partial charge in [-0.1, -0.05) is 6.07 Å². The molecule has 0 spiro atoms. The molecule has 1 aromatic heterocycles. The van der Waals surface area contributed by atoms with E-state index in [0.29, 0.717) is 41.0 Å². The van der Waals surface area contributed by atoms with Crippen LogP contribution < -0.4 is 14.5 Å². The smallest absolute Gasteiger partial charge is 0.178 e. The summed E-state index contributed by atoms with van der Waals surface area (Å²) < 4.78 is 50.8. The molecule has 3 aromatic rings. The molecule has 208 valence electrons. The Morgan fingerprint density at radius 1 is 1.00 bits per heavy atom. The number of nitrogens with zero attached hydrogens (tertiary/aromatic N) is 5. The summed E-state index contributed by atoms with van der Waals surface area (Å²) in [6.45, 7) is 8.04. The Morgan fingerprint density at radius 3 is 2.41 bits per heavy atom. The van der Waals surface area contributed by atoms with E-state index < -0.39 is 11.6 Å². The van der Waals surface area contributed by atoms with Crippen molar-refractivity contribution in [3.63, 3.8) is 0 Å². The molecule has 39 heavy (non-hydrogen) atoms. The van der Waals surface area contributed by atoms with Crippen molar-refractivity contribution in [2.45, 2.75) is 58.2 Å². The van der Waals surface area contributed by atoms with Crippen LogP contribution in [-0.4, -0.2) is 66.8 Å². The monoisotopic (exact) mass is 539 g/mol. The van der Waals surface area contributed by atoms with E-state index in [4.69, 9.17) is 4.74 Å². The molecule has 2 aliphatic rings. The molecule has 0 bridgehead atoms. The maximum Gasteiger partial charge on any atom is 0.178 e.